The van der Waals surface area contributed by atoms with Gasteiger partial charge in [-0.3, -0.25) is 4.79 Å². The third-order valence-corrected chi connectivity index (χ3v) is 8.02. The summed E-state index contributed by atoms with van der Waals surface area (Å²) < 4.78 is 5.60. The van der Waals surface area contributed by atoms with Crippen LogP contribution in [-0.2, 0) is 14.9 Å². The number of rotatable bonds is 3. The van der Waals surface area contributed by atoms with Crippen molar-refractivity contribution in [1.82, 2.24) is 4.90 Å². The molecule has 3 heterocycles. The van der Waals surface area contributed by atoms with Crippen LogP contribution < -0.4 is 0 Å². The third kappa shape index (κ3) is 3.57. The van der Waals surface area contributed by atoms with Crippen LogP contribution in [0.3, 0.4) is 0 Å². The molecule has 1 atom stereocenters. The van der Waals surface area contributed by atoms with Gasteiger partial charge in [0.25, 0.3) is 0 Å². The lowest BCUT2D eigenvalue weighted by atomic mass is 9.73. The van der Waals surface area contributed by atoms with E-state index in [1.807, 2.05) is 41.3 Å². The number of thioether (sulfide) groups is 1. The van der Waals surface area contributed by atoms with E-state index in [2.05, 4.69) is 34.5 Å². The van der Waals surface area contributed by atoms with E-state index < -0.39 is 5.41 Å². The Morgan fingerprint density at radius 1 is 1.08 bits per heavy atom. The summed E-state index contributed by atoms with van der Waals surface area (Å²) in [5.74, 6) is 1.31. The Balaban J connectivity index is 1.54. The van der Waals surface area contributed by atoms with E-state index in [9.17, 15) is 4.79 Å². The molecule has 2 aromatic rings. The molecule has 2 saturated heterocycles. The molecule has 26 heavy (non-hydrogen) atoms. The molecule has 1 aromatic carbocycles. The summed E-state index contributed by atoms with van der Waals surface area (Å²) in [5, 5.41) is 2.67. The summed E-state index contributed by atoms with van der Waals surface area (Å²) in [5.41, 5.74) is 0.743. The van der Waals surface area contributed by atoms with Crippen LogP contribution in [0.4, 0.5) is 0 Å². The molecule has 1 aromatic heterocycles. The van der Waals surface area contributed by atoms with Crippen LogP contribution in [0.25, 0.3) is 0 Å². The van der Waals surface area contributed by atoms with Crippen molar-refractivity contribution in [3.05, 3.63) is 58.3 Å². The second-order valence-electron chi connectivity index (χ2n) is 7.02. The first-order valence-corrected chi connectivity index (χ1v) is 11.3. The standard InChI is InChI=1S/C21H25NO2S2/c23-20(21(9-13-24-14-10-21)17-5-2-1-3-6-17)22-11-8-19(26-16-12-22)18-7-4-15-25-18/h1-7,15,19H,8-14,16H2/t19-/m0/s1. The van der Waals surface area contributed by atoms with Crippen molar-refractivity contribution in [2.24, 2.45) is 0 Å². The monoisotopic (exact) mass is 387 g/mol. The Hall–Kier alpha value is -1.30. The van der Waals surface area contributed by atoms with Crippen molar-refractivity contribution in [2.75, 3.05) is 32.1 Å². The van der Waals surface area contributed by atoms with Gasteiger partial charge in [-0.1, -0.05) is 36.4 Å². The quantitative estimate of drug-likeness (QED) is 0.776. The van der Waals surface area contributed by atoms with E-state index >= 15 is 0 Å². The van der Waals surface area contributed by atoms with Crippen molar-refractivity contribution in [1.29, 1.82) is 0 Å². The molecule has 138 valence electrons. The zero-order valence-corrected chi connectivity index (χ0v) is 16.6. The summed E-state index contributed by atoms with van der Waals surface area (Å²) in [6.45, 7) is 3.03. The zero-order valence-electron chi connectivity index (χ0n) is 14.9. The van der Waals surface area contributed by atoms with Gasteiger partial charge in [0.2, 0.25) is 5.91 Å². The van der Waals surface area contributed by atoms with Gasteiger partial charge in [-0.2, -0.15) is 11.8 Å². The lowest BCUT2D eigenvalue weighted by Gasteiger charge is -2.40. The number of thiophene rings is 1. The van der Waals surface area contributed by atoms with Crippen molar-refractivity contribution < 1.29 is 9.53 Å². The first-order chi connectivity index (χ1) is 12.8. The summed E-state index contributed by atoms with van der Waals surface area (Å²) in [4.78, 5) is 17.2. The van der Waals surface area contributed by atoms with Gasteiger partial charge in [0.05, 0.1) is 5.41 Å². The van der Waals surface area contributed by atoms with E-state index in [1.165, 1.54) is 4.88 Å². The van der Waals surface area contributed by atoms with Crippen LogP contribution >= 0.6 is 23.1 Å². The largest absolute Gasteiger partial charge is 0.381 e. The molecule has 0 bridgehead atoms. The molecular formula is C21H25NO2S2. The molecule has 0 radical (unpaired) electrons. The normalized spacial score (nSPS) is 23.4. The van der Waals surface area contributed by atoms with E-state index in [1.54, 1.807) is 0 Å². The molecule has 0 unspecified atom stereocenters. The number of amides is 1. The average Bonchev–Trinajstić information content (AvgIpc) is 3.13. The van der Waals surface area contributed by atoms with E-state index in [0.717, 1.165) is 43.7 Å². The molecular weight excluding hydrogens is 362 g/mol. The Morgan fingerprint density at radius 3 is 2.62 bits per heavy atom. The molecule has 0 N–H and O–H groups in total. The van der Waals surface area contributed by atoms with Crippen molar-refractivity contribution in [3.8, 4) is 0 Å². The lowest BCUT2D eigenvalue weighted by Crippen LogP contribution is -2.50. The van der Waals surface area contributed by atoms with Crippen molar-refractivity contribution >= 4 is 29.0 Å². The van der Waals surface area contributed by atoms with Crippen LogP contribution in [0, 0.1) is 0 Å². The van der Waals surface area contributed by atoms with Gasteiger partial charge in [-0.15, -0.1) is 11.3 Å². The minimum Gasteiger partial charge on any atom is -0.381 e. The first kappa shape index (κ1) is 18.1. The van der Waals surface area contributed by atoms with E-state index in [0.29, 0.717) is 24.4 Å². The molecule has 5 heteroatoms. The highest BCUT2D eigenvalue weighted by Gasteiger charge is 2.44. The van der Waals surface area contributed by atoms with E-state index in [4.69, 9.17) is 4.74 Å². The number of carbonyl (C=O) groups excluding carboxylic acids is 1. The average molecular weight is 388 g/mol. The van der Waals surface area contributed by atoms with Gasteiger partial charge in [-0.05, 0) is 36.3 Å². The Bertz CT molecular complexity index is 711. The van der Waals surface area contributed by atoms with Crippen LogP contribution in [0.2, 0.25) is 0 Å². The highest BCUT2D eigenvalue weighted by atomic mass is 32.2. The van der Waals surface area contributed by atoms with Gasteiger partial charge >= 0.3 is 0 Å². The summed E-state index contributed by atoms with van der Waals surface area (Å²) in [6, 6.07) is 14.7. The van der Waals surface area contributed by atoms with Crippen LogP contribution in [0.5, 0.6) is 0 Å². The van der Waals surface area contributed by atoms with Gasteiger partial charge in [0, 0.05) is 42.2 Å². The number of ether oxygens (including phenoxy) is 1. The Kier molecular flexibility index (Phi) is 5.67. The maximum Gasteiger partial charge on any atom is 0.233 e. The molecule has 3 nitrogen and oxygen atoms in total. The molecule has 4 rings (SSSR count). The van der Waals surface area contributed by atoms with Crippen molar-refractivity contribution in [3.63, 3.8) is 0 Å². The van der Waals surface area contributed by atoms with Crippen LogP contribution in [0.1, 0.15) is 35.0 Å². The maximum atomic E-state index is 13.7. The molecule has 0 saturated carbocycles. The second kappa shape index (κ2) is 8.15. The fraction of sp³-hybridized carbons (Fsp3) is 0.476. The molecule has 0 aliphatic carbocycles. The fourth-order valence-corrected chi connectivity index (χ4v) is 6.32. The Labute approximate surface area is 163 Å². The predicted molar refractivity (Wildman–Crippen MR) is 109 cm³/mol. The highest BCUT2D eigenvalue weighted by Crippen LogP contribution is 2.40. The number of hydrogen-bond acceptors (Lipinski definition) is 4. The number of nitrogens with zero attached hydrogens (tertiary/aromatic N) is 1. The third-order valence-electron chi connectivity index (χ3n) is 5.57. The minimum absolute atomic E-state index is 0.305. The molecule has 2 aliphatic heterocycles. The first-order valence-electron chi connectivity index (χ1n) is 9.37. The number of carbonyl (C=O) groups is 1. The van der Waals surface area contributed by atoms with Gasteiger partial charge in [-0.25, -0.2) is 0 Å². The lowest BCUT2D eigenvalue weighted by molar-refractivity contribution is -0.141. The summed E-state index contributed by atoms with van der Waals surface area (Å²) in [6.07, 6.45) is 2.61. The fourth-order valence-electron chi connectivity index (χ4n) is 4.08. The molecule has 2 aliphatic rings. The SMILES string of the molecule is O=C(N1CCS[C@H](c2cccs2)CC1)C1(c2ccccc2)CCOCC1. The van der Waals surface area contributed by atoms with Gasteiger partial charge < -0.3 is 9.64 Å². The van der Waals surface area contributed by atoms with Crippen molar-refractivity contribution in [2.45, 2.75) is 29.9 Å². The molecule has 2 fully saturated rings. The zero-order chi connectivity index (χ0) is 17.8. The smallest absolute Gasteiger partial charge is 0.233 e. The Morgan fingerprint density at radius 2 is 1.88 bits per heavy atom. The highest BCUT2D eigenvalue weighted by molar-refractivity contribution is 7.99. The number of benzene rings is 1. The molecule has 0 spiro atoms. The predicted octanol–water partition coefficient (Wildman–Crippen LogP) is 4.50. The van der Waals surface area contributed by atoms with Gasteiger partial charge in [0.15, 0.2) is 0 Å². The summed E-state index contributed by atoms with van der Waals surface area (Å²) in [7, 11) is 0. The van der Waals surface area contributed by atoms with Crippen LogP contribution in [0.15, 0.2) is 47.8 Å². The van der Waals surface area contributed by atoms with Gasteiger partial charge in [0.1, 0.15) is 0 Å². The second-order valence-corrected chi connectivity index (χ2v) is 9.31. The van der Waals surface area contributed by atoms with Crippen LogP contribution in [-0.4, -0.2) is 42.9 Å². The van der Waals surface area contributed by atoms with E-state index in [-0.39, 0.29) is 0 Å². The topological polar surface area (TPSA) is 29.5 Å². The number of hydrogen-bond donors (Lipinski definition) is 0. The summed E-state index contributed by atoms with van der Waals surface area (Å²) >= 11 is 3.83. The molecule has 1 amide bonds. The minimum atomic E-state index is -0.410. The maximum absolute atomic E-state index is 13.7.